The first kappa shape index (κ1) is 18.8. The highest BCUT2D eigenvalue weighted by Gasteiger charge is 2.20. The van der Waals surface area contributed by atoms with E-state index in [0.717, 1.165) is 12.8 Å². The second-order valence-corrected chi connectivity index (χ2v) is 6.26. The van der Waals surface area contributed by atoms with Crippen molar-refractivity contribution in [2.45, 2.75) is 18.9 Å². The quantitative estimate of drug-likeness (QED) is 0.600. The number of carbonyl (C=O) groups is 3. The number of ether oxygens (including phenoxy) is 2. The Bertz CT molecular complexity index is 812. The van der Waals surface area contributed by atoms with E-state index in [1.165, 1.54) is 6.07 Å². The number of hydrogen-bond donors (Lipinski definition) is 1. The predicted octanol–water partition coefficient (Wildman–Crippen LogP) is 2.37. The molecule has 27 heavy (non-hydrogen) atoms. The highest BCUT2D eigenvalue weighted by Crippen LogP contribution is 2.16. The van der Waals surface area contributed by atoms with Gasteiger partial charge in [-0.25, -0.2) is 4.79 Å². The number of esters is 1. The Morgan fingerprint density at radius 1 is 1.00 bits per heavy atom. The molecule has 1 atom stereocenters. The van der Waals surface area contributed by atoms with Crippen molar-refractivity contribution in [2.24, 2.45) is 0 Å². The van der Waals surface area contributed by atoms with Crippen LogP contribution in [-0.4, -0.2) is 43.5 Å². The van der Waals surface area contributed by atoms with E-state index in [0.29, 0.717) is 18.7 Å². The van der Waals surface area contributed by atoms with Crippen molar-refractivity contribution in [1.29, 1.82) is 0 Å². The Labute approximate surface area is 157 Å². The molecule has 0 radical (unpaired) electrons. The molecule has 0 bridgehead atoms. The summed E-state index contributed by atoms with van der Waals surface area (Å²) in [5.74, 6) is -1.38. The van der Waals surface area contributed by atoms with Crippen molar-refractivity contribution in [2.75, 3.05) is 19.8 Å². The third-order valence-electron chi connectivity index (χ3n) is 4.31. The van der Waals surface area contributed by atoms with Crippen LogP contribution in [-0.2, 0) is 14.3 Å². The molecule has 0 spiro atoms. The van der Waals surface area contributed by atoms with Gasteiger partial charge in [-0.05, 0) is 18.9 Å². The molecule has 0 saturated carbocycles. The largest absolute Gasteiger partial charge is 0.452 e. The van der Waals surface area contributed by atoms with Gasteiger partial charge in [-0.15, -0.1) is 0 Å². The van der Waals surface area contributed by atoms with Crippen molar-refractivity contribution >= 4 is 17.7 Å². The Balaban J connectivity index is 1.60. The van der Waals surface area contributed by atoms with Crippen LogP contribution >= 0.6 is 0 Å². The van der Waals surface area contributed by atoms with E-state index < -0.39 is 18.5 Å². The molecular formula is C21H21NO5. The molecule has 1 aliphatic heterocycles. The van der Waals surface area contributed by atoms with Crippen LogP contribution in [0.25, 0.3) is 0 Å². The molecule has 2 aromatic carbocycles. The normalized spacial score (nSPS) is 15.9. The highest BCUT2D eigenvalue weighted by molar-refractivity contribution is 6.14. The van der Waals surface area contributed by atoms with Crippen molar-refractivity contribution in [3.63, 3.8) is 0 Å². The van der Waals surface area contributed by atoms with E-state index in [1.807, 2.05) is 6.07 Å². The average Bonchev–Trinajstić information content (AvgIpc) is 3.24. The van der Waals surface area contributed by atoms with Gasteiger partial charge in [0.25, 0.3) is 5.91 Å². The highest BCUT2D eigenvalue weighted by atomic mass is 16.5. The SMILES string of the molecule is O=C(COC(=O)c1ccccc1C(=O)c1ccccc1)NC[C@H]1CCCO1. The summed E-state index contributed by atoms with van der Waals surface area (Å²) >= 11 is 0. The zero-order valence-electron chi connectivity index (χ0n) is 14.9. The molecule has 0 unspecified atom stereocenters. The lowest BCUT2D eigenvalue weighted by molar-refractivity contribution is -0.124. The number of carbonyl (C=O) groups excluding carboxylic acids is 3. The number of nitrogens with one attached hydrogen (secondary N) is 1. The van der Waals surface area contributed by atoms with Gasteiger partial charge in [0.05, 0.1) is 11.7 Å². The van der Waals surface area contributed by atoms with Crippen molar-refractivity contribution in [3.8, 4) is 0 Å². The van der Waals surface area contributed by atoms with E-state index in [4.69, 9.17) is 9.47 Å². The Morgan fingerprint density at radius 3 is 2.41 bits per heavy atom. The van der Waals surface area contributed by atoms with Gasteiger partial charge in [0.2, 0.25) is 0 Å². The van der Waals surface area contributed by atoms with E-state index in [2.05, 4.69) is 5.32 Å². The van der Waals surface area contributed by atoms with E-state index in [-0.39, 0.29) is 23.0 Å². The minimum atomic E-state index is -0.706. The van der Waals surface area contributed by atoms with Gasteiger partial charge in [0, 0.05) is 24.3 Å². The molecule has 1 saturated heterocycles. The third kappa shape index (κ3) is 5.01. The van der Waals surface area contributed by atoms with Gasteiger partial charge in [0.15, 0.2) is 12.4 Å². The molecule has 2 aromatic rings. The summed E-state index contributed by atoms with van der Waals surface area (Å²) in [4.78, 5) is 36.9. The maximum absolute atomic E-state index is 12.7. The van der Waals surface area contributed by atoms with Crippen LogP contribution < -0.4 is 5.32 Å². The fourth-order valence-electron chi connectivity index (χ4n) is 2.90. The third-order valence-corrected chi connectivity index (χ3v) is 4.31. The number of amides is 1. The topological polar surface area (TPSA) is 81.7 Å². The molecule has 1 N–H and O–H groups in total. The van der Waals surface area contributed by atoms with Gasteiger partial charge in [-0.2, -0.15) is 0 Å². The van der Waals surface area contributed by atoms with Gasteiger partial charge in [0.1, 0.15) is 0 Å². The zero-order valence-corrected chi connectivity index (χ0v) is 14.9. The molecule has 0 aromatic heterocycles. The first-order chi connectivity index (χ1) is 13.1. The average molecular weight is 367 g/mol. The summed E-state index contributed by atoms with van der Waals surface area (Å²) in [5.41, 5.74) is 0.860. The summed E-state index contributed by atoms with van der Waals surface area (Å²) < 4.78 is 10.5. The Kier molecular flexibility index (Phi) is 6.33. The zero-order chi connectivity index (χ0) is 19.1. The smallest absolute Gasteiger partial charge is 0.339 e. The van der Waals surface area contributed by atoms with E-state index in [9.17, 15) is 14.4 Å². The van der Waals surface area contributed by atoms with Crippen LogP contribution in [0.2, 0.25) is 0 Å². The molecule has 1 aliphatic rings. The Hall–Kier alpha value is -2.99. The molecule has 1 fully saturated rings. The fraction of sp³-hybridized carbons (Fsp3) is 0.286. The van der Waals surface area contributed by atoms with E-state index in [1.54, 1.807) is 42.5 Å². The van der Waals surface area contributed by atoms with Gasteiger partial charge < -0.3 is 14.8 Å². The lowest BCUT2D eigenvalue weighted by Crippen LogP contribution is -2.34. The van der Waals surface area contributed by atoms with Crippen molar-refractivity contribution < 1.29 is 23.9 Å². The maximum Gasteiger partial charge on any atom is 0.339 e. The molecule has 140 valence electrons. The molecule has 3 rings (SSSR count). The molecule has 1 heterocycles. The number of ketones is 1. The number of rotatable bonds is 7. The molecular weight excluding hydrogens is 346 g/mol. The van der Waals surface area contributed by atoms with Gasteiger partial charge in [-0.1, -0.05) is 48.5 Å². The second kappa shape index (κ2) is 9.09. The summed E-state index contributed by atoms with van der Waals surface area (Å²) in [7, 11) is 0. The van der Waals surface area contributed by atoms with Crippen molar-refractivity contribution in [1.82, 2.24) is 5.32 Å². The summed E-state index contributed by atoms with van der Waals surface area (Å²) in [6.45, 7) is 0.709. The predicted molar refractivity (Wildman–Crippen MR) is 98.6 cm³/mol. The van der Waals surface area contributed by atoms with Gasteiger partial charge >= 0.3 is 5.97 Å². The monoisotopic (exact) mass is 367 g/mol. The number of hydrogen-bond acceptors (Lipinski definition) is 5. The van der Waals surface area contributed by atoms with Crippen LogP contribution in [0.3, 0.4) is 0 Å². The van der Waals surface area contributed by atoms with Crippen LogP contribution in [0.4, 0.5) is 0 Å². The van der Waals surface area contributed by atoms with Crippen LogP contribution in [0.5, 0.6) is 0 Å². The first-order valence-electron chi connectivity index (χ1n) is 8.89. The minimum Gasteiger partial charge on any atom is -0.452 e. The summed E-state index contributed by atoms with van der Waals surface area (Å²) in [5, 5.41) is 2.69. The fourth-order valence-corrected chi connectivity index (χ4v) is 2.90. The second-order valence-electron chi connectivity index (χ2n) is 6.26. The van der Waals surface area contributed by atoms with Crippen LogP contribution in [0, 0.1) is 0 Å². The van der Waals surface area contributed by atoms with Crippen LogP contribution in [0.1, 0.15) is 39.1 Å². The maximum atomic E-state index is 12.7. The molecule has 1 amide bonds. The summed E-state index contributed by atoms with van der Waals surface area (Å²) in [6, 6.07) is 15.1. The Morgan fingerprint density at radius 2 is 1.70 bits per heavy atom. The number of benzene rings is 2. The minimum absolute atomic E-state index is 0.0221. The van der Waals surface area contributed by atoms with Crippen molar-refractivity contribution in [3.05, 3.63) is 71.3 Å². The lowest BCUT2D eigenvalue weighted by Gasteiger charge is -2.12. The molecule has 6 heteroatoms. The first-order valence-corrected chi connectivity index (χ1v) is 8.89. The van der Waals surface area contributed by atoms with E-state index >= 15 is 0 Å². The van der Waals surface area contributed by atoms with Gasteiger partial charge in [-0.3, -0.25) is 9.59 Å². The molecule has 0 aliphatic carbocycles. The van der Waals surface area contributed by atoms with Crippen LogP contribution in [0.15, 0.2) is 54.6 Å². The standard InChI is InChI=1S/C21H21NO5/c23-19(22-13-16-9-6-12-26-16)14-27-21(25)18-11-5-4-10-17(18)20(24)15-7-2-1-3-8-15/h1-5,7-8,10-11,16H,6,9,12-14H2,(H,22,23)/t16-/m1/s1. The molecule has 6 nitrogen and oxygen atoms in total. The lowest BCUT2D eigenvalue weighted by atomic mass is 9.98. The summed E-state index contributed by atoms with van der Waals surface area (Å²) in [6.07, 6.45) is 1.92.